The predicted molar refractivity (Wildman–Crippen MR) is 95.4 cm³/mol. The van der Waals surface area contributed by atoms with Crippen molar-refractivity contribution in [3.63, 3.8) is 0 Å². The summed E-state index contributed by atoms with van der Waals surface area (Å²) in [6.45, 7) is 2.03. The highest BCUT2D eigenvalue weighted by Gasteiger charge is 2.33. The molecule has 0 radical (unpaired) electrons. The van der Waals surface area contributed by atoms with Gasteiger partial charge in [-0.15, -0.1) is 0 Å². The van der Waals surface area contributed by atoms with E-state index < -0.39 is 12.2 Å². The van der Waals surface area contributed by atoms with E-state index >= 15 is 0 Å². The second-order valence-electron chi connectivity index (χ2n) is 5.83. The highest BCUT2D eigenvalue weighted by atomic mass is 16.6. The normalized spacial score (nSPS) is 16.7. The van der Waals surface area contributed by atoms with Crippen LogP contribution in [0.4, 0.5) is 10.6 Å². The van der Waals surface area contributed by atoms with Gasteiger partial charge in [0.05, 0.1) is 19.3 Å². The predicted octanol–water partition coefficient (Wildman–Crippen LogP) is 2.02. The van der Waals surface area contributed by atoms with Crippen molar-refractivity contribution >= 4 is 24.0 Å². The number of hydrogen-bond donors (Lipinski definition) is 2. The lowest BCUT2D eigenvalue weighted by Crippen LogP contribution is -2.33. The summed E-state index contributed by atoms with van der Waals surface area (Å²) in [5.74, 6) is 0.325. The van der Waals surface area contributed by atoms with E-state index in [1.807, 2.05) is 30.3 Å². The van der Waals surface area contributed by atoms with Gasteiger partial charge in [0.2, 0.25) is 5.91 Å². The Morgan fingerprint density at radius 3 is 2.69 bits per heavy atom. The number of amides is 2. The van der Waals surface area contributed by atoms with E-state index in [1.165, 1.54) is 18.0 Å². The molecule has 134 valence electrons. The van der Waals surface area contributed by atoms with Crippen molar-refractivity contribution in [2.75, 3.05) is 18.0 Å². The fourth-order valence-corrected chi connectivity index (χ4v) is 2.62. The standard InChI is InChI=1S/C18H18N4O4/c1-12(23)19-10-16-11-22(18(24)26-16)17-7-6-15(9-20-17)14-4-2-13(3-5-14)8-21-25/h2-9,16,25H,10-11H2,1H3,(H,19,23)/b21-8-/t16-/m0/s1. The number of cyclic esters (lactones) is 1. The van der Waals surface area contributed by atoms with Gasteiger partial charge in [-0.2, -0.15) is 0 Å². The van der Waals surface area contributed by atoms with Crippen LogP contribution in [-0.4, -0.2) is 47.6 Å². The maximum atomic E-state index is 12.0. The van der Waals surface area contributed by atoms with Crippen LogP contribution in [0, 0.1) is 0 Å². The number of pyridine rings is 1. The summed E-state index contributed by atoms with van der Waals surface area (Å²) < 4.78 is 5.23. The van der Waals surface area contributed by atoms with Crippen molar-refractivity contribution in [1.29, 1.82) is 0 Å². The molecular formula is C18H18N4O4. The Morgan fingerprint density at radius 2 is 2.08 bits per heavy atom. The number of ether oxygens (including phenoxy) is 1. The molecule has 2 N–H and O–H groups in total. The molecule has 2 heterocycles. The average Bonchev–Trinajstić information content (AvgIpc) is 3.02. The molecule has 0 saturated carbocycles. The number of aromatic nitrogens is 1. The number of carbonyl (C=O) groups is 2. The van der Waals surface area contributed by atoms with E-state index in [4.69, 9.17) is 9.94 Å². The van der Waals surface area contributed by atoms with Crippen molar-refractivity contribution in [1.82, 2.24) is 10.3 Å². The molecule has 1 aromatic heterocycles. The fourth-order valence-electron chi connectivity index (χ4n) is 2.62. The molecule has 0 spiro atoms. The van der Waals surface area contributed by atoms with Crippen LogP contribution in [0.25, 0.3) is 11.1 Å². The first-order valence-corrected chi connectivity index (χ1v) is 8.03. The van der Waals surface area contributed by atoms with Crippen molar-refractivity contribution < 1.29 is 19.5 Å². The monoisotopic (exact) mass is 354 g/mol. The third-order valence-electron chi connectivity index (χ3n) is 3.93. The minimum atomic E-state index is -0.478. The summed E-state index contributed by atoms with van der Waals surface area (Å²) in [5, 5.41) is 14.2. The van der Waals surface area contributed by atoms with Gasteiger partial charge < -0.3 is 15.3 Å². The summed E-state index contributed by atoms with van der Waals surface area (Å²) in [6.07, 6.45) is 2.15. The number of rotatable bonds is 5. The molecule has 1 saturated heterocycles. The summed E-state index contributed by atoms with van der Waals surface area (Å²) >= 11 is 0. The summed E-state index contributed by atoms with van der Waals surface area (Å²) in [6, 6.07) is 11.1. The molecule has 0 aliphatic carbocycles. The maximum absolute atomic E-state index is 12.0. The zero-order valence-electron chi connectivity index (χ0n) is 14.1. The van der Waals surface area contributed by atoms with Crippen LogP contribution in [0.5, 0.6) is 0 Å². The van der Waals surface area contributed by atoms with Gasteiger partial charge in [0.15, 0.2) is 0 Å². The summed E-state index contributed by atoms with van der Waals surface area (Å²) in [7, 11) is 0. The second-order valence-corrected chi connectivity index (χ2v) is 5.83. The van der Waals surface area contributed by atoms with Gasteiger partial charge in [-0.3, -0.25) is 9.69 Å². The lowest BCUT2D eigenvalue weighted by Gasteiger charge is -2.12. The molecular weight excluding hydrogens is 336 g/mol. The largest absolute Gasteiger partial charge is 0.442 e. The van der Waals surface area contributed by atoms with Gasteiger partial charge in [0.25, 0.3) is 0 Å². The number of nitrogens with one attached hydrogen (secondary N) is 1. The van der Waals surface area contributed by atoms with Crippen LogP contribution in [0.2, 0.25) is 0 Å². The number of hydrogen-bond acceptors (Lipinski definition) is 6. The van der Waals surface area contributed by atoms with Crippen LogP contribution in [0.15, 0.2) is 47.8 Å². The molecule has 1 fully saturated rings. The first-order valence-electron chi connectivity index (χ1n) is 8.03. The van der Waals surface area contributed by atoms with E-state index in [1.54, 1.807) is 12.3 Å². The van der Waals surface area contributed by atoms with Crippen LogP contribution in [0.1, 0.15) is 12.5 Å². The molecule has 0 bridgehead atoms. The molecule has 2 aromatic rings. The molecule has 1 aliphatic rings. The number of carbonyl (C=O) groups excluding carboxylic acids is 2. The Balaban J connectivity index is 1.69. The SMILES string of the molecule is CC(=O)NC[C@H]1CN(c2ccc(-c3ccc(/C=N\O)cc3)cn2)C(=O)O1. The third kappa shape index (κ3) is 3.97. The molecule has 0 unspecified atom stereocenters. The number of oxime groups is 1. The first kappa shape index (κ1) is 17.4. The Kier molecular flexibility index (Phi) is 5.12. The number of benzene rings is 1. The third-order valence-corrected chi connectivity index (χ3v) is 3.93. The van der Waals surface area contributed by atoms with Crippen molar-refractivity contribution in [3.05, 3.63) is 48.2 Å². The molecule has 1 atom stereocenters. The number of nitrogens with zero attached hydrogens (tertiary/aromatic N) is 3. The van der Waals surface area contributed by atoms with Crippen molar-refractivity contribution in [2.24, 2.45) is 5.16 Å². The van der Waals surface area contributed by atoms with Crippen LogP contribution < -0.4 is 10.2 Å². The van der Waals surface area contributed by atoms with Crippen molar-refractivity contribution in [2.45, 2.75) is 13.0 Å². The van der Waals surface area contributed by atoms with E-state index in [0.29, 0.717) is 12.4 Å². The van der Waals surface area contributed by atoms with E-state index in [9.17, 15) is 9.59 Å². The number of anilines is 1. The maximum Gasteiger partial charge on any atom is 0.416 e. The quantitative estimate of drug-likeness (QED) is 0.486. The molecule has 26 heavy (non-hydrogen) atoms. The molecule has 8 nitrogen and oxygen atoms in total. The van der Waals surface area contributed by atoms with Crippen molar-refractivity contribution in [3.8, 4) is 11.1 Å². The second kappa shape index (κ2) is 7.64. The van der Waals surface area contributed by atoms with Gasteiger partial charge in [0, 0.05) is 18.7 Å². The van der Waals surface area contributed by atoms with Gasteiger partial charge in [-0.25, -0.2) is 9.78 Å². The Labute approximate surface area is 150 Å². The summed E-state index contributed by atoms with van der Waals surface area (Å²) in [5.41, 5.74) is 2.63. The van der Waals surface area contributed by atoms with E-state index in [0.717, 1.165) is 16.7 Å². The minimum Gasteiger partial charge on any atom is -0.442 e. The highest BCUT2D eigenvalue weighted by Crippen LogP contribution is 2.24. The van der Waals surface area contributed by atoms with Gasteiger partial charge in [-0.05, 0) is 23.3 Å². The Bertz CT molecular complexity index is 818. The lowest BCUT2D eigenvalue weighted by atomic mass is 10.1. The Hall–Kier alpha value is -3.42. The Morgan fingerprint density at radius 1 is 1.35 bits per heavy atom. The average molecular weight is 354 g/mol. The van der Waals surface area contributed by atoms with Gasteiger partial charge in [0.1, 0.15) is 11.9 Å². The summed E-state index contributed by atoms with van der Waals surface area (Å²) in [4.78, 5) is 28.8. The van der Waals surface area contributed by atoms with Crippen LogP contribution in [-0.2, 0) is 9.53 Å². The molecule has 1 aliphatic heterocycles. The molecule has 8 heteroatoms. The van der Waals surface area contributed by atoms with E-state index in [2.05, 4.69) is 15.5 Å². The van der Waals surface area contributed by atoms with E-state index in [-0.39, 0.29) is 12.5 Å². The zero-order chi connectivity index (χ0) is 18.5. The highest BCUT2D eigenvalue weighted by molar-refractivity contribution is 5.89. The molecule has 2 amide bonds. The smallest absolute Gasteiger partial charge is 0.416 e. The fraction of sp³-hybridized carbons (Fsp3) is 0.222. The van der Waals surface area contributed by atoms with Crippen LogP contribution in [0.3, 0.4) is 0 Å². The lowest BCUT2D eigenvalue weighted by molar-refractivity contribution is -0.119. The molecule has 1 aromatic carbocycles. The topological polar surface area (TPSA) is 104 Å². The first-order chi connectivity index (χ1) is 12.6. The van der Waals surface area contributed by atoms with Gasteiger partial charge >= 0.3 is 6.09 Å². The van der Waals surface area contributed by atoms with Crippen LogP contribution >= 0.6 is 0 Å². The molecule has 3 rings (SSSR count). The zero-order valence-corrected chi connectivity index (χ0v) is 14.1. The minimum absolute atomic E-state index is 0.168. The van der Waals surface area contributed by atoms with Gasteiger partial charge in [-0.1, -0.05) is 29.4 Å².